The molecule has 1 aliphatic rings. The van der Waals surface area contributed by atoms with Crippen LogP contribution in [0.25, 0.3) is 0 Å². The maximum absolute atomic E-state index is 12.9. The lowest BCUT2D eigenvalue weighted by atomic mass is 10.0. The van der Waals surface area contributed by atoms with Gasteiger partial charge in [0.25, 0.3) is 0 Å². The van der Waals surface area contributed by atoms with Gasteiger partial charge < -0.3 is 10.0 Å². The molecule has 144 valence electrons. The zero-order valence-electron chi connectivity index (χ0n) is 15.3. The number of β-amino-alcohol motifs (C(OH)–C–C–N with tert-alkyl or cyclic N) is 1. The molecule has 1 aliphatic heterocycles. The molecule has 1 saturated heterocycles. The molecule has 0 aromatic heterocycles. The van der Waals surface area contributed by atoms with Crippen molar-refractivity contribution in [2.45, 2.75) is 25.0 Å². The maximum atomic E-state index is 12.9. The molecule has 1 heterocycles. The third-order valence-electron chi connectivity index (χ3n) is 5.06. The van der Waals surface area contributed by atoms with Crippen LogP contribution in [-0.4, -0.2) is 53.6 Å². The van der Waals surface area contributed by atoms with E-state index in [9.17, 15) is 9.90 Å². The first-order valence-corrected chi connectivity index (χ1v) is 9.84. The number of carbonyl (C=O) groups excluding carboxylic acids is 1. The molecule has 0 radical (unpaired) electrons. The normalized spacial score (nSPS) is 18.4. The SMILES string of the molecule is CN(C(=O)Cc1ccc(Cl)c(Cl)c1)C(CN1CC[C@@H](O)C1)c1ccccc1. The van der Waals surface area contributed by atoms with E-state index in [4.69, 9.17) is 23.2 Å². The van der Waals surface area contributed by atoms with Crippen molar-refractivity contribution in [3.05, 3.63) is 69.7 Å². The first-order valence-electron chi connectivity index (χ1n) is 9.09. The number of carbonyl (C=O) groups is 1. The van der Waals surface area contributed by atoms with Crippen LogP contribution in [0.3, 0.4) is 0 Å². The topological polar surface area (TPSA) is 43.8 Å². The predicted octanol–water partition coefficient (Wildman–Crippen LogP) is 3.80. The first-order chi connectivity index (χ1) is 12.9. The van der Waals surface area contributed by atoms with Gasteiger partial charge in [0, 0.05) is 26.7 Å². The number of aliphatic hydroxyl groups is 1. The molecule has 0 saturated carbocycles. The van der Waals surface area contributed by atoms with Gasteiger partial charge in [-0.25, -0.2) is 0 Å². The van der Waals surface area contributed by atoms with Gasteiger partial charge in [0.05, 0.1) is 28.6 Å². The number of halogens is 2. The minimum atomic E-state index is -0.279. The average Bonchev–Trinajstić information content (AvgIpc) is 3.08. The number of amides is 1. The summed E-state index contributed by atoms with van der Waals surface area (Å²) in [5.41, 5.74) is 1.92. The Morgan fingerprint density at radius 2 is 1.96 bits per heavy atom. The van der Waals surface area contributed by atoms with Gasteiger partial charge in [-0.15, -0.1) is 0 Å². The second-order valence-electron chi connectivity index (χ2n) is 7.06. The van der Waals surface area contributed by atoms with Crippen LogP contribution in [0, 0.1) is 0 Å². The highest BCUT2D eigenvalue weighted by Gasteiger charge is 2.28. The van der Waals surface area contributed by atoms with Crippen LogP contribution in [0.2, 0.25) is 10.0 Å². The summed E-state index contributed by atoms with van der Waals surface area (Å²) in [5.74, 6) is 0.0157. The predicted molar refractivity (Wildman–Crippen MR) is 109 cm³/mol. The fourth-order valence-corrected chi connectivity index (χ4v) is 3.79. The minimum absolute atomic E-state index is 0.0157. The van der Waals surface area contributed by atoms with Crippen molar-refractivity contribution in [2.75, 3.05) is 26.7 Å². The summed E-state index contributed by atoms with van der Waals surface area (Å²) < 4.78 is 0. The summed E-state index contributed by atoms with van der Waals surface area (Å²) in [4.78, 5) is 17.0. The number of nitrogens with zero attached hydrogens (tertiary/aromatic N) is 2. The smallest absolute Gasteiger partial charge is 0.227 e. The molecule has 1 fully saturated rings. The van der Waals surface area contributed by atoms with Crippen LogP contribution >= 0.6 is 23.2 Å². The molecular formula is C21H24Cl2N2O2. The van der Waals surface area contributed by atoms with Crippen LogP contribution in [-0.2, 0) is 11.2 Å². The first kappa shape index (κ1) is 20.2. The third kappa shape index (κ3) is 5.23. The summed E-state index contributed by atoms with van der Waals surface area (Å²) in [7, 11) is 1.84. The Hall–Kier alpha value is -1.59. The second kappa shape index (κ2) is 9.07. The van der Waals surface area contributed by atoms with Crippen LogP contribution in [0.5, 0.6) is 0 Å². The molecule has 6 heteroatoms. The van der Waals surface area contributed by atoms with Gasteiger partial charge in [0.15, 0.2) is 0 Å². The molecule has 2 aromatic carbocycles. The third-order valence-corrected chi connectivity index (χ3v) is 5.80. The molecule has 1 unspecified atom stereocenters. The zero-order valence-corrected chi connectivity index (χ0v) is 16.8. The van der Waals surface area contributed by atoms with Crippen molar-refractivity contribution in [3.63, 3.8) is 0 Å². The minimum Gasteiger partial charge on any atom is -0.392 e. The fourth-order valence-electron chi connectivity index (χ4n) is 3.47. The second-order valence-corrected chi connectivity index (χ2v) is 7.87. The molecule has 27 heavy (non-hydrogen) atoms. The number of likely N-dealkylation sites (N-methyl/N-ethyl adjacent to an activating group) is 1. The van der Waals surface area contributed by atoms with E-state index in [-0.39, 0.29) is 24.5 Å². The van der Waals surface area contributed by atoms with Crippen LogP contribution in [0.4, 0.5) is 0 Å². The number of hydrogen-bond acceptors (Lipinski definition) is 3. The van der Waals surface area contributed by atoms with E-state index in [1.165, 1.54) is 0 Å². The molecule has 0 bridgehead atoms. The highest BCUT2D eigenvalue weighted by Crippen LogP contribution is 2.26. The van der Waals surface area contributed by atoms with Gasteiger partial charge in [0.1, 0.15) is 0 Å². The molecule has 0 aliphatic carbocycles. The van der Waals surface area contributed by atoms with Crippen LogP contribution in [0.1, 0.15) is 23.6 Å². The monoisotopic (exact) mass is 406 g/mol. The number of aliphatic hydroxyl groups excluding tert-OH is 1. The van der Waals surface area contributed by atoms with E-state index < -0.39 is 0 Å². The standard InChI is InChI=1S/C21H24Cl2N2O2/c1-24(21(27)12-15-7-8-18(22)19(23)11-15)20(16-5-3-2-4-6-16)14-25-10-9-17(26)13-25/h2-8,11,17,20,26H,9-10,12-14H2,1H3/t17-,20?/m1/s1. The summed E-state index contributed by atoms with van der Waals surface area (Å²) in [6.07, 6.45) is 0.764. The van der Waals surface area contributed by atoms with E-state index in [0.717, 1.165) is 24.1 Å². The zero-order chi connectivity index (χ0) is 19.4. The lowest BCUT2D eigenvalue weighted by molar-refractivity contribution is -0.131. The van der Waals surface area contributed by atoms with E-state index >= 15 is 0 Å². The average molecular weight is 407 g/mol. The lowest BCUT2D eigenvalue weighted by Crippen LogP contribution is -2.39. The maximum Gasteiger partial charge on any atom is 0.227 e. The Balaban J connectivity index is 1.75. The van der Waals surface area contributed by atoms with E-state index in [0.29, 0.717) is 23.1 Å². The Morgan fingerprint density at radius 3 is 2.59 bits per heavy atom. The molecular weight excluding hydrogens is 383 g/mol. The molecule has 1 amide bonds. The number of hydrogen-bond donors (Lipinski definition) is 1. The molecule has 4 nitrogen and oxygen atoms in total. The Morgan fingerprint density at radius 1 is 1.22 bits per heavy atom. The van der Waals surface area contributed by atoms with Gasteiger partial charge in [-0.2, -0.15) is 0 Å². The molecule has 2 atom stereocenters. The van der Waals surface area contributed by atoms with Crippen molar-refractivity contribution >= 4 is 29.1 Å². The van der Waals surface area contributed by atoms with E-state index in [1.54, 1.807) is 17.0 Å². The van der Waals surface area contributed by atoms with Crippen molar-refractivity contribution in [3.8, 4) is 0 Å². The Labute approximate surface area is 170 Å². The largest absolute Gasteiger partial charge is 0.392 e. The summed E-state index contributed by atoms with van der Waals surface area (Å²) >= 11 is 12.0. The summed E-state index contributed by atoms with van der Waals surface area (Å²) in [6.45, 7) is 2.20. The Kier molecular flexibility index (Phi) is 6.77. The molecule has 0 spiro atoms. The quantitative estimate of drug-likeness (QED) is 0.792. The van der Waals surface area contributed by atoms with Gasteiger partial charge >= 0.3 is 0 Å². The van der Waals surface area contributed by atoms with Crippen molar-refractivity contribution < 1.29 is 9.90 Å². The van der Waals surface area contributed by atoms with Gasteiger partial charge in [-0.1, -0.05) is 59.6 Å². The summed E-state index contributed by atoms with van der Waals surface area (Å²) in [5, 5.41) is 10.8. The number of rotatable bonds is 6. The van der Waals surface area contributed by atoms with Gasteiger partial charge in [-0.05, 0) is 29.7 Å². The van der Waals surface area contributed by atoms with Crippen LogP contribution < -0.4 is 0 Å². The number of likely N-dealkylation sites (tertiary alicyclic amines) is 1. The van der Waals surface area contributed by atoms with Gasteiger partial charge in [0.2, 0.25) is 5.91 Å². The molecule has 1 N–H and O–H groups in total. The van der Waals surface area contributed by atoms with Crippen molar-refractivity contribution in [1.82, 2.24) is 9.80 Å². The number of benzene rings is 2. The van der Waals surface area contributed by atoms with Crippen molar-refractivity contribution in [1.29, 1.82) is 0 Å². The van der Waals surface area contributed by atoms with Crippen LogP contribution in [0.15, 0.2) is 48.5 Å². The summed E-state index contributed by atoms with van der Waals surface area (Å²) in [6, 6.07) is 15.2. The van der Waals surface area contributed by atoms with E-state index in [2.05, 4.69) is 4.90 Å². The van der Waals surface area contributed by atoms with Crippen molar-refractivity contribution in [2.24, 2.45) is 0 Å². The lowest BCUT2D eigenvalue weighted by Gasteiger charge is -2.32. The molecule has 3 rings (SSSR count). The van der Waals surface area contributed by atoms with Gasteiger partial charge in [-0.3, -0.25) is 9.69 Å². The molecule has 2 aromatic rings. The Bertz CT molecular complexity index is 785. The fraction of sp³-hybridized carbons (Fsp3) is 0.381. The highest BCUT2D eigenvalue weighted by atomic mass is 35.5. The highest BCUT2D eigenvalue weighted by molar-refractivity contribution is 6.42. The van der Waals surface area contributed by atoms with E-state index in [1.807, 2.05) is 43.4 Å².